The van der Waals surface area contributed by atoms with Crippen LogP contribution in [0.5, 0.6) is 0 Å². The number of carbonyl (C=O) groups excluding carboxylic acids is 2. The standard InChI is InChI=1S/C15H16N2O3S/c1-20-14(18)6-8-17(11-12-4-2-7-16-10-12)15(19)13-5-3-9-21-13/h2-5,7,9-10H,6,8,11H2,1H3. The van der Waals surface area contributed by atoms with E-state index in [2.05, 4.69) is 9.72 Å². The zero-order valence-electron chi connectivity index (χ0n) is 11.7. The highest BCUT2D eigenvalue weighted by molar-refractivity contribution is 7.12. The van der Waals surface area contributed by atoms with Gasteiger partial charge in [0.2, 0.25) is 0 Å². The summed E-state index contributed by atoms with van der Waals surface area (Å²) in [4.78, 5) is 30.1. The van der Waals surface area contributed by atoms with Crippen molar-refractivity contribution in [3.63, 3.8) is 0 Å². The minimum absolute atomic E-state index is 0.0854. The molecule has 1 amide bonds. The molecule has 0 aromatic carbocycles. The van der Waals surface area contributed by atoms with E-state index in [1.54, 1.807) is 23.4 Å². The smallest absolute Gasteiger partial charge is 0.307 e. The lowest BCUT2D eigenvalue weighted by molar-refractivity contribution is -0.140. The van der Waals surface area contributed by atoms with E-state index in [-0.39, 0.29) is 18.3 Å². The largest absolute Gasteiger partial charge is 0.469 e. The van der Waals surface area contributed by atoms with Crippen molar-refractivity contribution in [1.82, 2.24) is 9.88 Å². The van der Waals surface area contributed by atoms with E-state index in [1.165, 1.54) is 18.4 Å². The molecule has 0 atom stereocenters. The van der Waals surface area contributed by atoms with Crippen LogP contribution in [0.25, 0.3) is 0 Å². The molecule has 0 saturated heterocycles. The SMILES string of the molecule is COC(=O)CCN(Cc1cccnc1)C(=O)c1cccs1. The molecule has 110 valence electrons. The normalized spacial score (nSPS) is 10.1. The maximum absolute atomic E-state index is 12.5. The Balaban J connectivity index is 2.10. The molecule has 2 heterocycles. The van der Waals surface area contributed by atoms with Gasteiger partial charge in [-0.1, -0.05) is 12.1 Å². The Hall–Kier alpha value is -2.21. The number of esters is 1. The summed E-state index contributed by atoms with van der Waals surface area (Å²) in [6.07, 6.45) is 3.57. The number of methoxy groups -OCH3 is 1. The summed E-state index contributed by atoms with van der Waals surface area (Å²) < 4.78 is 4.63. The number of carbonyl (C=O) groups is 2. The van der Waals surface area contributed by atoms with Gasteiger partial charge in [0.25, 0.3) is 5.91 Å². The van der Waals surface area contributed by atoms with Crippen molar-refractivity contribution < 1.29 is 14.3 Å². The van der Waals surface area contributed by atoms with Gasteiger partial charge in [-0.05, 0) is 23.1 Å². The Bertz CT molecular complexity index is 584. The zero-order valence-corrected chi connectivity index (χ0v) is 12.5. The van der Waals surface area contributed by atoms with Gasteiger partial charge in [-0.2, -0.15) is 0 Å². The van der Waals surface area contributed by atoms with Crippen molar-refractivity contribution in [1.29, 1.82) is 0 Å². The van der Waals surface area contributed by atoms with E-state index < -0.39 is 0 Å². The van der Waals surface area contributed by atoms with E-state index in [9.17, 15) is 9.59 Å². The molecule has 0 saturated carbocycles. The molecule has 2 aromatic rings. The molecule has 0 aliphatic heterocycles. The molecule has 5 nitrogen and oxygen atoms in total. The fourth-order valence-corrected chi connectivity index (χ4v) is 2.54. The lowest BCUT2D eigenvalue weighted by Gasteiger charge is -2.21. The molecule has 0 aliphatic carbocycles. The molecule has 0 unspecified atom stereocenters. The van der Waals surface area contributed by atoms with Gasteiger partial charge in [0.15, 0.2) is 0 Å². The molecule has 0 aliphatic rings. The lowest BCUT2D eigenvalue weighted by Crippen LogP contribution is -2.32. The maximum atomic E-state index is 12.5. The first kappa shape index (κ1) is 15.2. The average Bonchev–Trinajstić information content (AvgIpc) is 3.05. The Morgan fingerprint density at radius 1 is 1.33 bits per heavy atom. The average molecular weight is 304 g/mol. The monoisotopic (exact) mass is 304 g/mol. The van der Waals surface area contributed by atoms with Crippen molar-refractivity contribution in [2.45, 2.75) is 13.0 Å². The first-order valence-electron chi connectivity index (χ1n) is 6.49. The minimum atomic E-state index is -0.329. The van der Waals surface area contributed by atoms with Crippen molar-refractivity contribution in [2.75, 3.05) is 13.7 Å². The van der Waals surface area contributed by atoms with Gasteiger partial charge in [0.1, 0.15) is 0 Å². The highest BCUT2D eigenvalue weighted by atomic mass is 32.1. The van der Waals surface area contributed by atoms with E-state index in [0.29, 0.717) is 18.0 Å². The molecule has 6 heteroatoms. The van der Waals surface area contributed by atoms with Crippen LogP contribution >= 0.6 is 11.3 Å². The number of ether oxygens (including phenoxy) is 1. The van der Waals surface area contributed by atoms with Crippen molar-refractivity contribution in [3.05, 3.63) is 52.5 Å². The number of pyridine rings is 1. The molecule has 0 N–H and O–H groups in total. The zero-order chi connectivity index (χ0) is 15.1. The Morgan fingerprint density at radius 2 is 2.19 bits per heavy atom. The minimum Gasteiger partial charge on any atom is -0.469 e. The van der Waals surface area contributed by atoms with Gasteiger partial charge in [-0.25, -0.2) is 0 Å². The molecule has 0 radical (unpaired) electrons. The number of thiophene rings is 1. The third kappa shape index (κ3) is 4.39. The molecule has 21 heavy (non-hydrogen) atoms. The summed E-state index contributed by atoms with van der Waals surface area (Å²) in [6.45, 7) is 0.736. The number of aromatic nitrogens is 1. The van der Waals surface area contributed by atoms with Crippen molar-refractivity contribution in [2.24, 2.45) is 0 Å². The van der Waals surface area contributed by atoms with Gasteiger partial charge < -0.3 is 9.64 Å². The van der Waals surface area contributed by atoms with E-state index in [4.69, 9.17) is 0 Å². The molecule has 2 rings (SSSR count). The summed E-state index contributed by atoms with van der Waals surface area (Å²) in [5.41, 5.74) is 0.923. The van der Waals surface area contributed by atoms with Gasteiger partial charge in [-0.15, -0.1) is 11.3 Å². The molecular weight excluding hydrogens is 288 g/mol. The number of hydrogen-bond acceptors (Lipinski definition) is 5. The van der Waals surface area contributed by atoms with Crippen LogP contribution in [0.3, 0.4) is 0 Å². The van der Waals surface area contributed by atoms with Gasteiger partial charge in [0, 0.05) is 25.5 Å². The lowest BCUT2D eigenvalue weighted by atomic mass is 10.2. The van der Waals surface area contributed by atoms with Crippen molar-refractivity contribution in [3.8, 4) is 0 Å². The summed E-state index contributed by atoms with van der Waals surface area (Å²) in [5, 5.41) is 1.86. The van der Waals surface area contributed by atoms with Gasteiger partial charge in [0.05, 0.1) is 18.4 Å². The molecule has 2 aromatic heterocycles. The second kappa shape index (κ2) is 7.54. The van der Waals surface area contributed by atoms with Crippen LogP contribution in [0.15, 0.2) is 42.0 Å². The van der Waals surface area contributed by atoms with Crippen LogP contribution in [0.1, 0.15) is 21.7 Å². The second-order valence-corrected chi connectivity index (χ2v) is 5.34. The van der Waals surface area contributed by atoms with Crippen LogP contribution in [-0.2, 0) is 16.1 Å². The fraction of sp³-hybridized carbons (Fsp3) is 0.267. The van der Waals surface area contributed by atoms with E-state index in [0.717, 1.165) is 5.56 Å². The summed E-state index contributed by atoms with van der Waals surface area (Å²) in [5.74, 6) is -0.414. The predicted octanol–water partition coefficient (Wildman–Crippen LogP) is 2.35. The highest BCUT2D eigenvalue weighted by Crippen LogP contribution is 2.14. The number of hydrogen-bond donors (Lipinski definition) is 0. The Kier molecular flexibility index (Phi) is 5.45. The molecule has 0 fully saturated rings. The van der Waals surface area contributed by atoms with E-state index in [1.807, 2.05) is 23.6 Å². The van der Waals surface area contributed by atoms with Gasteiger partial charge >= 0.3 is 5.97 Å². The Labute approximate surface area is 127 Å². The number of rotatable bonds is 6. The fourth-order valence-electron chi connectivity index (χ4n) is 1.85. The van der Waals surface area contributed by atoms with Crippen molar-refractivity contribution >= 4 is 23.2 Å². The molecule has 0 spiro atoms. The van der Waals surface area contributed by atoms with Gasteiger partial charge in [-0.3, -0.25) is 14.6 Å². The predicted molar refractivity (Wildman–Crippen MR) is 79.9 cm³/mol. The topological polar surface area (TPSA) is 59.5 Å². The third-order valence-corrected chi connectivity index (χ3v) is 3.79. The molecular formula is C15H16N2O3S. The summed E-state index contributed by atoms with van der Waals surface area (Å²) in [7, 11) is 1.34. The summed E-state index contributed by atoms with van der Waals surface area (Å²) in [6, 6.07) is 7.34. The highest BCUT2D eigenvalue weighted by Gasteiger charge is 2.18. The van der Waals surface area contributed by atoms with Crippen LogP contribution < -0.4 is 0 Å². The number of amides is 1. The first-order valence-corrected chi connectivity index (χ1v) is 7.37. The Morgan fingerprint density at radius 3 is 2.81 bits per heavy atom. The van der Waals surface area contributed by atoms with Crippen LogP contribution in [0, 0.1) is 0 Å². The van der Waals surface area contributed by atoms with Crippen LogP contribution in [0.4, 0.5) is 0 Å². The first-order chi connectivity index (χ1) is 10.2. The van der Waals surface area contributed by atoms with Crippen LogP contribution in [-0.4, -0.2) is 35.4 Å². The second-order valence-electron chi connectivity index (χ2n) is 4.39. The maximum Gasteiger partial charge on any atom is 0.307 e. The third-order valence-electron chi connectivity index (χ3n) is 2.93. The quantitative estimate of drug-likeness (QED) is 0.769. The summed E-state index contributed by atoms with van der Waals surface area (Å²) >= 11 is 1.39. The van der Waals surface area contributed by atoms with E-state index >= 15 is 0 Å². The number of nitrogens with zero attached hydrogens (tertiary/aromatic N) is 2. The van der Waals surface area contributed by atoms with Crippen LogP contribution in [0.2, 0.25) is 0 Å². The molecule has 0 bridgehead atoms.